The topological polar surface area (TPSA) is 84.5 Å². The monoisotopic (exact) mass is 400 g/mol. The summed E-state index contributed by atoms with van der Waals surface area (Å²) in [4.78, 5) is 38.2. The van der Waals surface area contributed by atoms with E-state index in [4.69, 9.17) is 4.74 Å². The number of carbonyl (C=O) groups is 3. The van der Waals surface area contributed by atoms with Crippen molar-refractivity contribution in [3.63, 3.8) is 0 Å². The highest BCUT2D eigenvalue weighted by Crippen LogP contribution is 2.33. The molecule has 2 N–H and O–H groups in total. The maximum absolute atomic E-state index is 12.4. The van der Waals surface area contributed by atoms with E-state index in [1.165, 1.54) is 28.7 Å². The number of amides is 2. The van der Waals surface area contributed by atoms with Crippen molar-refractivity contribution < 1.29 is 19.1 Å². The normalized spacial score (nSPS) is 16.6. The zero-order chi connectivity index (χ0) is 20.1. The molecule has 6 nitrogen and oxygen atoms in total. The van der Waals surface area contributed by atoms with Gasteiger partial charge < -0.3 is 4.74 Å². The molecule has 0 fully saturated rings. The fourth-order valence-corrected chi connectivity index (χ4v) is 4.29. The summed E-state index contributed by atoms with van der Waals surface area (Å²) in [5.41, 5.74) is 6.25. The van der Waals surface area contributed by atoms with Crippen LogP contribution in [0.15, 0.2) is 36.4 Å². The number of nitrogens with one attached hydrogen (secondary N) is 2. The van der Waals surface area contributed by atoms with Gasteiger partial charge >= 0.3 is 5.97 Å². The summed E-state index contributed by atoms with van der Waals surface area (Å²) in [6.07, 6.45) is 3.26. The fraction of sp³-hybridized carbons (Fsp3) is 0.381. The van der Waals surface area contributed by atoms with Crippen molar-refractivity contribution in [2.24, 2.45) is 5.92 Å². The molecule has 0 bridgehead atoms. The summed E-state index contributed by atoms with van der Waals surface area (Å²) in [7, 11) is 0. The Morgan fingerprint density at radius 3 is 2.68 bits per heavy atom. The minimum absolute atomic E-state index is 0.419. The summed E-state index contributed by atoms with van der Waals surface area (Å²) in [6.45, 7) is 3.66. The van der Waals surface area contributed by atoms with E-state index in [-0.39, 0.29) is 0 Å². The number of hydrazine groups is 1. The first kappa shape index (κ1) is 20.1. The van der Waals surface area contributed by atoms with Gasteiger partial charge in [-0.25, -0.2) is 4.79 Å². The first-order valence-electron chi connectivity index (χ1n) is 9.45. The third-order valence-electron chi connectivity index (χ3n) is 4.95. The van der Waals surface area contributed by atoms with Crippen LogP contribution in [-0.2, 0) is 22.4 Å². The number of benzene rings is 1. The van der Waals surface area contributed by atoms with Crippen LogP contribution in [0, 0.1) is 5.92 Å². The highest BCUT2D eigenvalue weighted by atomic mass is 32.1. The van der Waals surface area contributed by atoms with Gasteiger partial charge in [-0.3, -0.25) is 20.4 Å². The standard InChI is InChI=1S/C21H24N2O4S/c1-3-14-9-10-17-16(11-14)12-18(28-17)21(26)27-13(2)19(24)22-23-20(25)15-7-5-4-6-8-15/h4-8,12-14H,3,9-11H2,1-2H3,(H,22,24)(H,23,25)/t13-,14-/m0/s1. The first-order chi connectivity index (χ1) is 13.5. The average Bonchev–Trinajstić information content (AvgIpc) is 3.15. The van der Waals surface area contributed by atoms with Crippen LogP contribution in [0.5, 0.6) is 0 Å². The number of fused-ring (bicyclic) bond motifs is 1. The maximum Gasteiger partial charge on any atom is 0.349 e. The molecule has 0 unspecified atom stereocenters. The van der Waals surface area contributed by atoms with E-state index in [9.17, 15) is 14.4 Å². The zero-order valence-corrected chi connectivity index (χ0v) is 16.8. The molecule has 1 aliphatic rings. The maximum atomic E-state index is 12.4. The van der Waals surface area contributed by atoms with Crippen molar-refractivity contribution in [2.75, 3.05) is 0 Å². The van der Waals surface area contributed by atoms with E-state index in [2.05, 4.69) is 17.8 Å². The number of aryl methyl sites for hydroxylation is 1. The number of carbonyl (C=O) groups excluding carboxylic acids is 3. The van der Waals surface area contributed by atoms with Gasteiger partial charge in [0.2, 0.25) is 0 Å². The Labute approximate surface area is 168 Å². The number of thiophene rings is 1. The summed E-state index contributed by atoms with van der Waals surface area (Å²) >= 11 is 1.45. The van der Waals surface area contributed by atoms with Crippen LogP contribution in [-0.4, -0.2) is 23.9 Å². The van der Waals surface area contributed by atoms with E-state index in [0.29, 0.717) is 16.4 Å². The van der Waals surface area contributed by atoms with Crippen LogP contribution < -0.4 is 10.9 Å². The van der Waals surface area contributed by atoms with Crippen LogP contribution >= 0.6 is 11.3 Å². The van der Waals surface area contributed by atoms with Crippen LogP contribution in [0.25, 0.3) is 0 Å². The molecule has 2 aromatic rings. The molecule has 0 spiro atoms. The second-order valence-electron chi connectivity index (χ2n) is 6.93. The Kier molecular flexibility index (Phi) is 6.46. The predicted octanol–water partition coefficient (Wildman–Crippen LogP) is 3.27. The molecular weight excluding hydrogens is 376 g/mol. The van der Waals surface area contributed by atoms with Crippen molar-refractivity contribution in [2.45, 2.75) is 45.6 Å². The summed E-state index contributed by atoms with van der Waals surface area (Å²) in [5.74, 6) is -0.873. The van der Waals surface area contributed by atoms with Gasteiger partial charge in [-0.15, -0.1) is 11.3 Å². The van der Waals surface area contributed by atoms with Crippen LogP contribution in [0.4, 0.5) is 0 Å². The lowest BCUT2D eigenvalue weighted by molar-refractivity contribution is -0.129. The van der Waals surface area contributed by atoms with E-state index in [1.54, 1.807) is 30.3 Å². The molecule has 1 aromatic heterocycles. The van der Waals surface area contributed by atoms with E-state index >= 15 is 0 Å². The average molecular weight is 401 g/mol. The Bertz CT molecular complexity index is 863. The number of ether oxygens (including phenoxy) is 1. The number of rotatable bonds is 5. The lowest BCUT2D eigenvalue weighted by atomic mass is 9.87. The quantitative estimate of drug-likeness (QED) is 0.596. The van der Waals surface area contributed by atoms with Crippen LogP contribution in [0.1, 0.15) is 57.2 Å². The largest absolute Gasteiger partial charge is 0.448 e. The second-order valence-corrected chi connectivity index (χ2v) is 8.07. The van der Waals surface area contributed by atoms with Crippen LogP contribution in [0.2, 0.25) is 0 Å². The Hall–Kier alpha value is -2.67. The molecule has 28 heavy (non-hydrogen) atoms. The van der Waals surface area contributed by atoms with Gasteiger partial charge in [0.05, 0.1) is 0 Å². The van der Waals surface area contributed by atoms with Crippen molar-refractivity contribution in [3.05, 3.63) is 57.3 Å². The van der Waals surface area contributed by atoms with Gasteiger partial charge in [-0.1, -0.05) is 31.5 Å². The summed E-state index contributed by atoms with van der Waals surface area (Å²) in [5, 5.41) is 0. The van der Waals surface area contributed by atoms with E-state index in [0.717, 1.165) is 25.7 Å². The minimum atomic E-state index is -1.02. The molecule has 3 rings (SSSR count). The molecule has 0 aliphatic heterocycles. The predicted molar refractivity (Wildman–Crippen MR) is 107 cm³/mol. The number of hydrogen-bond donors (Lipinski definition) is 2. The third kappa shape index (κ3) is 4.78. The molecule has 0 radical (unpaired) electrons. The fourth-order valence-electron chi connectivity index (χ4n) is 3.20. The second kappa shape index (κ2) is 9.01. The molecule has 7 heteroatoms. The summed E-state index contributed by atoms with van der Waals surface area (Å²) in [6, 6.07) is 10.4. The highest BCUT2D eigenvalue weighted by Gasteiger charge is 2.25. The van der Waals surface area contributed by atoms with Crippen molar-refractivity contribution in [1.29, 1.82) is 0 Å². The molecule has 2 amide bonds. The molecule has 0 saturated heterocycles. The molecule has 1 aromatic carbocycles. The SMILES string of the molecule is CC[C@H]1CCc2sc(C(=O)O[C@@H](C)C(=O)NNC(=O)c3ccccc3)cc2C1. The molecule has 2 atom stereocenters. The van der Waals surface area contributed by atoms with Crippen molar-refractivity contribution in [3.8, 4) is 0 Å². The van der Waals surface area contributed by atoms with Crippen molar-refractivity contribution >= 4 is 29.1 Å². The zero-order valence-electron chi connectivity index (χ0n) is 16.0. The van der Waals surface area contributed by atoms with Gasteiger partial charge in [0.1, 0.15) is 4.88 Å². The first-order valence-corrected chi connectivity index (χ1v) is 10.3. The molecule has 0 saturated carbocycles. The molecular formula is C21H24N2O4S. The van der Waals surface area contributed by atoms with Gasteiger partial charge in [0.15, 0.2) is 6.10 Å². The van der Waals surface area contributed by atoms with Crippen LogP contribution in [0.3, 0.4) is 0 Å². The van der Waals surface area contributed by atoms with E-state index < -0.39 is 23.9 Å². The Balaban J connectivity index is 1.52. The highest BCUT2D eigenvalue weighted by molar-refractivity contribution is 7.14. The number of hydrogen-bond acceptors (Lipinski definition) is 5. The Morgan fingerprint density at radius 2 is 1.96 bits per heavy atom. The lowest BCUT2D eigenvalue weighted by Gasteiger charge is -2.19. The lowest BCUT2D eigenvalue weighted by Crippen LogP contribution is -2.46. The minimum Gasteiger partial charge on any atom is -0.448 e. The summed E-state index contributed by atoms with van der Waals surface area (Å²) < 4.78 is 5.28. The smallest absolute Gasteiger partial charge is 0.349 e. The Morgan fingerprint density at radius 1 is 1.21 bits per heavy atom. The van der Waals surface area contributed by atoms with Gasteiger partial charge in [0.25, 0.3) is 11.8 Å². The van der Waals surface area contributed by atoms with Gasteiger partial charge in [0, 0.05) is 10.4 Å². The van der Waals surface area contributed by atoms with Gasteiger partial charge in [-0.05, 0) is 55.9 Å². The molecule has 148 valence electrons. The van der Waals surface area contributed by atoms with E-state index in [1.807, 2.05) is 6.07 Å². The number of esters is 1. The molecule has 1 aliphatic carbocycles. The van der Waals surface area contributed by atoms with Gasteiger partial charge in [-0.2, -0.15) is 0 Å². The van der Waals surface area contributed by atoms with Crippen molar-refractivity contribution in [1.82, 2.24) is 10.9 Å². The molecule has 1 heterocycles. The third-order valence-corrected chi connectivity index (χ3v) is 6.17.